The molecule has 0 amide bonds. The van der Waals surface area contributed by atoms with Gasteiger partial charge in [0.15, 0.2) is 11.6 Å². The molecule has 0 aromatic heterocycles. The Morgan fingerprint density at radius 3 is 1.77 bits per heavy atom. The van der Waals surface area contributed by atoms with Crippen LogP contribution in [0.15, 0.2) is 0 Å². The molecule has 0 spiro atoms. The second kappa shape index (κ2) is 14.7. The smallest absolute Gasteiger partial charge is 0.197 e. The Labute approximate surface area is 96.2 Å². The summed E-state index contributed by atoms with van der Waals surface area (Å²) < 4.78 is 0. The van der Waals surface area contributed by atoms with Crippen molar-refractivity contribution in [2.45, 2.75) is 33.5 Å². The third-order valence-electron chi connectivity index (χ3n) is 1.42. The average Bonchev–Trinajstić information content (AvgIpc) is 2.05. The summed E-state index contributed by atoms with van der Waals surface area (Å²) >= 11 is 0. The van der Waals surface area contributed by atoms with Gasteiger partial charge in [0.1, 0.15) is 0 Å². The number of ketones is 2. The summed E-state index contributed by atoms with van der Waals surface area (Å²) in [5, 5.41) is 0. The summed E-state index contributed by atoms with van der Waals surface area (Å²) in [6, 6.07) is 0. The van der Waals surface area contributed by atoms with Crippen molar-refractivity contribution < 1.29 is 29.1 Å². The molecular weight excluding hydrogens is 251 g/mol. The molecule has 0 unspecified atom stereocenters. The minimum absolute atomic E-state index is 0. The molecule has 0 aliphatic rings. The topological polar surface area (TPSA) is 34.1 Å². The molecule has 0 atom stereocenters. The zero-order valence-electron chi connectivity index (χ0n) is 8.98. The van der Waals surface area contributed by atoms with E-state index in [-0.39, 0.29) is 31.0 Å². The Balaban J connectivity index is -0.000000150. The molecule has 0 bridgehead atoms. The number of Topliss-reactive ketones (excluding diaryl/α,β-unsaturated/α-hetero) is 2. The van der Waals surface area contributed by atoms with Crippen LogP contribution in [0.3, 0.4) is 0 Å². The maximum Gasteiger partial charge on any atom is 0.197 e. The van der Waals surface area contributed by atoms with Gasteiger partial charge in [-0.1, -0.05) is 20.2 Å². The fourth-order valence-electron chi connectivity index (χ4n) is 0.602. The van der Waals surface area contributed by atoms with Gasteiger partial charge in [0, 0.05) is 32.8 Å². The van der Waals surface area contributed by atoms with Gasteiger partial charge in [-0.25, -0.2) is 0 Å². The van der Waals surface area contributed by atoms with Gasteiger partial charge >= 0.3 is 0 Å². The van der Waals surface area contributed by atoms with Gasteiger partial charge in [0.05, 0.1) is 22.0 Å². The fraction of sp³-hybridized carbons (Fsp3) is 0.714. The van der Waals surface area contributed by atoms with Crippen LogP contribution in [0.25, 0.3) is 0 Å². The minimum atomic E-state index is -0.345. The maximum atomic E-state index is 10.2. The Hall–Kier alpha value is 0.158. The zero-order chi connectivity index (χ0) is 9.98. The third-order valence-corrected chi connectivity index (χ3v) is 1.42. The van der Waals surface area contributed by atoms with E-state index in [1.807, 2.05) is 0 Å². The van der Waals surface area contributed by atoms with Gasteiger partial charge in [-0.15, -0.1) is 0 Å². The normalized spacial score (nSPS) is 7.00. The standard InChI is InChI=1S/C5H8O2.C2H9B3.Rh/c1-3-5(7)4(2)6;1-2-4-5-3;/h3H2,1-2H3;4-5H,2-3H2,1H3;. The zero-order valence-corrected chi connectivity index (χ0v) is 10.6. The molecule has 0 rings (SSSR count). The van der Waals surface area contributed by atoms with Crippen LogP contribution in [-0.2, 0) is 29.1 Å². The molecular formula is C7H17B3O2Rh. The van der Waals surface area contributed by atoms with Crippen molar-refractivity contribution in [3.05, 3.63) is 0 Å². The first-order valence-electron chi connectivity index (χ1n) is 4.63. The van der Waals surface area contributed by atoms with Crippen LogP contribution in [-0.4, -0.2) is 33.5 Å². The molecule has 0 aromatic carbocycles. The second-order valence-corrected chi connectivity index (χ2v) is 2.69. The van der Waals surface area contributed by atoms with Crippen LogP contribution < -0.4 is 0 Å². The van der Waals surface area contributed by atoms with Crippen molar-refractivity contribution in [3.8, 4) is 0 Å². The van der Waals surface area contributed by atoms with Gasteiger partial charge in [-0.3, -0.25) is 9.59 Å². The Morgan fingerprint density at radius 1 is 1.31 bits per heavy atom. The van der Waals surface area contributed by atoms with Crippen LogP contribution >= 0.6 is 0 Å². The molecule has 0 aliphatic heterocycles. The van der Waals surface area contributed by atoms with Crippen molar-refractivity contribution in [2.24, 2.45) is 0 Å². The molecule has 13 heavy (non-hydrogen) atoms. The number of carbonyl (C=O) groups is 2. The van der Waals surface area contributed by atoms with Crippen molar-refractivity contribution >= 4 is 33.5 Å². The first kappa shape index (κ1) is 18.8. The summed E-state index contributed by atoms with van der Waals surface area (Å²) in [6.07, 6.45) is 1.67. The Kier molecular flexibility index (Phi) is 21.3. The second-order valence-electron chi connectivity index (χ2n) is 2.69. The van der Waals surface area contributed by atoms with E-state index in [1.165, 1.54) is 27.5 Å². The van der Waals surface area contributed by atoms with Crippen LogP contribution in [0, 0.1) is 0 Å². The largest absolute Gasteiger partial charge is 0.291 e. The summed E-state index contributed by atoms with van der Waals surface area (Å²) in [7, 11) is 4.94. The van der Waals surface area contributed by atoms with Gasteiger partial charge in [-0.05, 0) is 0 Å². The predicted molar refractivity (Wildman–Crippen MR) is 59.3 cm³/mol. The summed E-state index contributed by atoms with van der Waals surface area (Å²) in [5.74, 6) is -0.637. The number of carbonyl (C=O) groups excluding carboxylic acids is 2. The first-order chi connectivity index (χ1) is 5.59. The van der Waals surface area contributed by atoms with Gasteiger partial charge in [0.2, 0.25) is 0 Å². The molecule has 0 saturated heterocycles. The quantitative estimate of drug-likeness (QED) is 0.500. The Morgan fingerprint density at radius 2 is 1.77 bits per heavy atom. The van der Waals surface area contributed by atoms with Crippen molar-refractivity contribution in [1.29, 1.82) is 0 Å². The van der Waals surface area contributed by atoms with E-state index in [1.54, 1.807) is 6.92 Å². The molecule has 0 N–H and O–H groups in total. The minimum Gasteiger partial charge on any atom is -0.291 e. The van der Waals surface area contributed by atoms with Crippen LogP contribution in [0.4, 0.5) is 0 Å². The predicted octanol–water partition coefficient (Wildman–Crippen LogP) is -0.687. The molecule has 6 heteroatoms. The molecule has 0 fully saturated rings. The van der Waals surface area contributed by atoms with Crippen molar-refractivity contribution in [2.75, 3.05) is 0 Å². The van der Waals surface area contributed by atoms with Crippen molar-refractivity contribution in [1.82, 2.24) is 0 Å². The van der Waals surface area contributed by atoms with E-state index >= 15 is 0 Å². The van der Waals surface area contributed by atoms with E-state index in [9.17, 15) is 9.59 Å². The number of hydrogen-bond acceptors (Lipinski definition) is 2. The maximum absolute atomic E-state index is 10.2. The number of rotatable bonds is 4. The molecule has 75 valence electrons. The number of hydrogen-bond donors (Lipinski definition) is 0. The molecule has 1 radical (unpaired) electrons. The third kappa shape index (κ3) is 18.9. The van der Waals surface area contributed by atoms with E-state index < -0.39 is 0 Å². The van der Waals surface area contributed by atoms with E-state index in [0.29, 0.717) is 6.42 Å². The molecule has 0 aliphatic carbocycles. The van der Waals surface area contributed by atoms with Crippen LogP contribution in [0.5, 0.6) is 0 Å². The fourth-order valence-corrected chi connectivity index (χ4v) is 0.602. The summed E-state index contributed by atoms with van der Waals surface area (Å²) in [4.78, 5) is 20.2. The molecule has 0 heterocycles. The van der Waals surface area contributed by atoms with E-state index in [4.69, 9.17) is 0 Å². The first-order valence-corrected chi connectivity index (χ1v) is 4.63. The molecule has 2 nitrogen and oxygen atoms in total. The summed E-state index contributed by atoms with van der Waals surface area (Å²) in [6.45, 7) is 5.17. The monoisotopic (exact) mass is 269 g/mol. The van der Waals surface area contributed by atoms with E-state index in [0.717, 1.165) is 0 Å². The average molecular weight is 269 g/mol. The van der Waals surface area contributed by atoms with Crippen LogP contribution in [0.1, 0.15) is 27.2 Å². The van der Waals surface area contributed by atoms with Gasteiger partial charge in [0.25, 0.3) is 0 Å². The van der Waals surface area contributed by atoms with Crippen LogP contribution in [0.2, 0.25) is 6.32 Å². The molecule has 0 aromatic rings. The van der Waals surface area contributed by atoms with Crippen molar-refractivity contribution in [3.63, 3.8) is 0 Å². The Bertz CT molecular complexity index is 140. The van der Waals surface area contributed by atoms with E-state index in [2.05, 4.69) is 14.7 Å². The SMILES string of the molecule is BBBCC.CCC(=O)C(C)=O.[Rh]. The van der Waals surface area contributed by atoms with Gasteiger partial charge in [-0.2, -0.15) is 0 Å². The summed E-state index contributed by atoms with van der Waals surface area (Å²) in [5.41, 5.74) is 0. The van der Waals surface area contributed by atoms with Gasteiger partial charge < -0.3 is 0 Å². The molecule has 0 saturated carbocycles.